The van der Waals surface area contributed by atoms with Crippen molar-refractivity contribution in [2.24, 2.45) is 0 Å². The molecule has 0 unspecified atom stereocenters. The van der Waals surface area contributed by atoms with E-state index in [0.29, 0.717) is 10.3 Å². The van der Waals surface area contributed by atoms with E-state index in [4.69, 9.17) is 0 Å². The highest BCUT2D eigenvalue weighted by molar-refractivity contribution is 9.10. The minimum absolute atomic E-state index is 0.00999. The van der Waals surface area contributed by atoms with Crippen LogP contribution < -0.4 is 0 Å². The number of ketones is 1. The van der Waals surface area contributed by atoms with Crippen LogP contribution in [0.2, 0.25) is 0 Å². The van der Waals surface area contributed by atoms with Gasteiger partial charge in [0, 0.05) is 0 Å². The number of carbonyl (C=O) groups is 1. The Balaban J connectivity index is 2.84. The quantitative estimate of drug-likeness (QED) is 0.799. The van der Waals surface area contributed by atoms with E-state index in [-0.39, 0.29) is 12.3 Å². The van der Waals surface area contributed by atoms with Gasteiger partial charge in [-0.2, -0.15) is 5.10 Å². The van der Waals surface area contributed by atoms with Gasteiger partial charge >= 0.3 is 0 Å². The predicted molar refractivity (Wildman–Crippen MR) is 45.4 cm³/mol. The second-order valence-corrected chi connectivity index (χ2v) is 3.26. The average molecular weight is 235 g/mol. The van der Waals surface area contributed by atoms with Gasteiger partial charge in [0.15, 0.2) is 5.78 Å². The Kier molecular flexibility index (Phi) is 2.97. The first-order valence-electron chi connectivity index (χ1n) is 3.41. The van der Waals surface area contributed by atoms with Crippen molar-refractivity contribution in [2.75, 3.05) is 0 Å². The van der Waals surface area contributed by atoms with Crippen LogP contribution >= 0.6 is 15.9 Å². The summed E-state index contributed by atoms with van der Waals surface area (Å²) in [6.45, 7) is 1.04. The Morgan fingerprint density at radius 1 is 1.83 bits per heavy atom. The zero-order chi connectivity index (χ0) is 9.14. The summed E-state index contributed by atoms with van der Waals surface area (Å²) in [6, 6.07) is 1.56. The van der Waals surface area contributed by atoms with E-state index in [1.807, 2.05) is 0 Å². The summed E-state index contributed by atoms with van der Waals surface area (Å²) in [7, 11) is 0. The van der Waals surface area contributed by atoms with E-state index in [9.17, 15) is 9.18 Å². The maximum absolute atomic E-state index is 12.1. The number of hydrogen-bond donors (Lipinski definition) is 0. The molecule has 0 aliphatic carbocycles. The molecule has 0 saturated heterocycles. The van der Waals surface area contributed by atoms with Crippen molar-refractivity contribution in [3.8, 4) is 0 Å². The molecule has 0 aromatic carbocycles. The second-order valence-electron chi connectivity index (χ2n) is 2.45. The van der Waals surface area contributed by atoms with Crippen LogP contribution in [0.1, 0.15) is 12.6 Å². The molecule has 0 amide bonds. The van der Waals surface area contributed by atoms with E-state index >= 15 is 0 Å². The minimum atomic E-state index is -0.608. The van der Waals surface area contributed by atoms with Crippen LogP contribution in [0.15, 0.2) is 10.7 Å². The lowest BCUT2D eigenvalue weighted by Crippen LogP contribution is -2.08. The summed E-state index contributed by atoms with van der Waals surface area (Å²) in [5, 5.41) is 3.84. The summed E-state index contributed by atoms with van der Waals surface area (Å²) in [6.07, 6.45) is 0. The van der Waals surface area contributed by atoms with E-state index in [1.165, 1.54) is 11.6 Å². The van der Waals surface area contributed by atoms with Gasteiger partial charge in [-0.3, -0.25) is 9.48 Å². The fourth-order valence-electron chi connectivity index (χ4n) is 0.831. The summed E-state index contributed by atoms with van der Waals surface area (Å²) in [5.74, 6) is -0.00999. The van der Waals surface area contributed by atoms with E-state index in [1.54, 1.807) is 6.07 Å². The molecule has 0 aliphatic rings. The lowest BCUT2D eigenvalue weighted by molar-refractivity contribution is -0.117. The molecule has 0 radical (unpaired) electrons. The van der Waals surface area contributed by atoms with Crippen molar-refractivity contribution in [3.63, 3.8) is 0 Å². The molecule has 0 fully saturated rings. The SMILES string of the molecule is CC(=O)Cn1nc(CF)cc1Br. The highest BCUT2D eigenvalue weighted by atomic mass is 79.9. The molecule has 0 spiro atoms. The molecular weight excluding hydrogens is 227 g/mol. The molecule has 0 aliphatic heterocycles. The van der Waals surface area contributed by atoms with E-state index in [0.717, 1.165) is 0 Å². The first-order chi connectivity index (χ1) is 5.63. The average Bonchev–Trinajstić information content (AvgIpc) is 2.31. The molecule has 66 valence electrons. The summed E-state index contributed by atoms with van der Waals surface area (Å²) in [5.41, 5.74) is 0.336. The zero-order valence-corrected chi connectivity index (χ0v) is 8.14. The highest BCUT2D eigenvalue weighted by Crippen LogP contribution is 2.12. The molecule has 0 saturated carbocycles. The van der Waals surface area contributed by atoms with Gasteiger partial charge in [0.25, 0.3) is 0 Å². The Bertz CT molecular complexity index is 298. The number of aromatic nitrogens is 2. The maximum Gasteiger partial charge on any atom is 0.151 e. The number of hydrogen-bond acceptors (Lipinski definition) is 2. The van der Waals surface area contributed by atoms with Crippen molar-refractivity contribution in [3.05, 3.63) is 16.4 Å². The zero-order valence-electron chi connectivity index (χ0n) is 6.55. The third-order valence-electron chi connectivity index (χ3n) is 1.29. The van der Waals surface area contributed by atoms with Gasteiger partial charge in [-0.05, 0) is 28.9 Å². The normalized spacial score (nSPS) is 10.2. The third-order valence-corrected chi connectivity index (χ3v) is 1.93. The number of alkyl halides is 1. The van der Waals surface area contributed by atoms with E-state index < -0.39 is 6.67 Å². The highest BCUT2D eigenvalue weighted by Gasteiger charge is 2.05. The van der Waals surface area contributed by atoms with E-state index in [2.05, 4.69) is 21.0 Å². The van der Waals surface area contributed by atoms with Gasteiger partial charge in [-0.1, -0.05) is 0 Å². The van der Waals surface area contributed by atoms with Crippen LogP contribution in [0.4, 0.5) is 4.39 Å². The Hall–Kier alpha value is -0.710. The van der Waals surface area contributed by atoms with Crippen molar-refractivity contribution >= 4 is 21.7 Å². The first kappa shape index (κ1) is 9.38. The first-order valence-corrected chi connectivity index (χ1v) is 4.20. The van der Waals surface area contributed by atoms with Crippen molar-refractivity contribution < 1.29 is 9.18 Å². The lowest BCUT2D eigenvalue weighted by atomic mass is 10.4. The number of rotatable bonds is 3. The number of carbonyl (C=O) groups excluding carboxylic acids is 1. The minimum Gasteiger partial charge on any atom is -0.298 e. The van der Waals surface area contributed by atoms with Crippen LogP contribution in [0.25, 0.3) is 0 Å². The number of halogens is 2. The van der Waals surface area contributed by atoms with Gasteiger partial charge in [-0.25, -0.2) is 4.39 Å². The monoisotopic (exact) mass is 234 g/mol. The van der Waals surface area contributed by atoms with Gasteiger partial charge in [0.2, 0.25) is 0 Å². The summed E-state index contributed by atoms with van der Waals surface area (Å²) in [4.78, 5) is 10.7. The van der Waals surface area contributed by atoms with Crippen LogP contribution in [-0.2, 0) is 18.0 Å². The predicted octanol–water partition coefficient (Wildman–Crippen LogP) is 1.70. The molecule has 0 bridgehead atoms. The van der Waals surface area contributed by atoms with Crippen LogP contribution in [0.5, 0.6) is 0 Å². The molecule has 1 aromatic heterocycles. The Labute approximate surface area is 77.7 Å². The largest absolute Gasteiger partial charge is 0.298 e. The van der Waals surface area contributed by atoms with Crippen molar-refractivity contribution in [1.29, 1.82) is 0 Å². The van der Waals surface area contributed by atoms with Crippen LogP contribution in [-0.4, -0.2) is 15.6 Å². The second kappa shape index (κ2) is 3.80. The lowest BCUT2D eigenvalue weighted by Gasteiger charge is -1.97. The van der Waals surface area contributed by atoms with Crippen molar-refractivity contribution in [2.45, 2.75) is 20.1 Å². The topological polar surface area (TPSA) is 34.9 Å². The Morgan fingerprint density at radius 2 is 2.50 bits per heavy atom. The number of Topliss-reactive ketones (excluding diaryl/α,β-unsaturated/α-hetero) is 1. The van der Waals surface area contributed by atoms with Gasteiger partial charge < -0.3 is 0 Å². The fraction of sp³-hybridized carbons (Fsp3) is 0.429. The molecule has 1 rings (SSSR count). The maximum atomic E-state index is 12.1. The standard InChI is InChI=1S/C7H8BrFN2O/c1-5(12)4-11-7(8)2-6(3-9)10-11/h2H,3-4H2,1H3. The molecule has 1 heterocycles. The van der Waals surface area contributed by atoms with Crippen LogP contribution in [0, 0.1) is 0 Å². The molecule has 1 aromatic rings. The molecule has 12 heavy (non-hydrogen) atoms. The molecule has 0 N–H and O–H groups in total. The van der Waals surface area contributed by atoms with Gasteiger partial charge in [-0.15, -0.1) is 0 Å². The molecular formula is C7H8BrFN2O. The molecule has 5 heteroatoms. The third kappa shape index (κ3) is 2.14. The molecule has 0 atom stereocenters. The smallest absolute Gasteiger partial charge is 0.151 e. The summed E-state index contributed by atoms with van der Waals surface area (Å²) < 4.78 is 14.1. The van der Waals surface area contributed by atoms with Gasteiger partial charge in [0.1, 0.15) is 17.8 Å². The summed E-state index contributed by atoms with van der Waals surface area (Å²) >= 11 is 3.17. The molecule has 3 nitrogen and oxygen atoms in total. The number of nitrogens with zero attached hydrogens (tertiary/aromatic N) is 2. The Morgan fingerprint density at radius 3 is 2.92 bits per heavy atom. The van der Waals surface area contributed by atoms with Crippen LogP contribution in [0.3, 0.4) is 0 Å². The van der Waals surface area contributed by atoms with Gasteiger partial charge in [0.05, 0.1) is 5.69 Å². The fourth-order valence-corrected chi connectivity index (χ4v) is 1.30. The van der Waals surface area contributed by atoms with Crippen molar-refractivity contribution in [1.82, 2.24) is 9.78 Å².